The minimum atomic E-state index is 0.237. The Labute approximate surface area is 76.5 Å². The van der Waals surface area contributed by atoms with E-state index in [2.05, 4.69) is 60.4 Å². The maximum Gasteiger partial charge on any atom is 0.0846 e. The third-order valence-corrected chi connectivity index (χ3v) is 2.63. The van der Waals surface area contributed by atoms with Crippen molar-refractivity contribution in [2.75, 3.05) is 0 Å². The topological polar surface area (TPSA) is 4.93 Å². The molecule has 0 fully saturated rings. The van der Waals surface area contributed by atoms with E-state index < -0.39 is 0 Å². The lowest BCUT2D eigenvalue weighted by molar-refractivity contribution is 0.540. The monoisotopic (exact) mass is 215 g/mol. The van der Waals surface area contributed by atoms with Crippen LogP contribution in [0, 0.1) is 0 Å². The summed E-state index contributed by atoms with van der Waals surface area (Å²) in [7, 11) is 2.07. The SMILES string of the molecule is Cn1c(Br)ccc1C(C)(C)C. The van der Waals surface area contributed by atoms with Crippen molar-refractivity contribution in [1.29, 1.82) is 0 Å². The second kappa shape index (κ2) is 2.67. The highest BCUT2D eigenvalue weighted by Crippen LogP contribution is 2.25. The van der Waals surface area contributed by atoms with E-state index >= 15 is 0 Å². The first-order chi connectivity index (χ1) is 4.93. The van der Waals surface area contributed by atoms with Crippen molar-refractivity contribution < 1.29 is 0 Å². The zero-order valence-corrected chi connectivity index (χ0v) is 9.07. The van der Waals surface area contributed by atoms with E-state index in [1.807, 2.05) is 0 Å². The maximum absolute atomic E-state index is 3.47. The van der Waals surface area contributed by atoms with Crippen LogP contribution in [-0.4, -0.2) is 4.57 Å². The second-order valence-electron chi connectivity index (χ2n) is 3.85. The van der Waals surface area contributed by atoms with E-state index in [0.717, 1.165) is 4.60 Å². The van der Waals surface area contributed by atoms with Gasteiger partial charge in [0.2, 0.25) is 0 Å². The van der Waals surface area contributed by atoms with Gasteiger partial charge >= 0.3 is 0 Å². The van der Waals surface area contributed by atoms with E-state index in [0.29, 0.717) is 0 Å². The quantitative estimate of drug-likeness (QED) is 0.628. The van der Waals surface area contributed by atoms with Crippen LogP contribution in [0.15, 0.2) is 16.7 Å². The van der Waals surface area contributed by atoms with Gasteiger partial charge in [0.05, 0.1) is 4.60 Å². The Morgan fingerprint density at radius 3 is 2.00 bits per heavy atom. The molecule has 1 heterocycles. The predicted molar refractivity (Wildman–Crippen MR) is 51.8 cm³/mol. The fourth-order valence-corrected chi connectivity index (χ4v) is 1.56. The van der Waals surface area contributed by atoms with Gasteiger partial charge in [-0.25, -0.2) is 0 Å². The van der Waals surface area contributed by atoms with Gasteiger partial charge in [-0.15, -0.1) is 0 Å². The van der Waals surface area contributed by atoms with Crippen molar-refractivity contribution in [3.05, 3.63) is 22.4 Å². The molecule has 1 aromatic heterocycles. The molecule has 0 bridgehead atoms. The van der Waals surface area contributed by atoms with E-state index in [9.17, 15) is 0 Å². The molecular weight excluding hydrogens is 202 g/mol. The van der Waals surface area contributed by atoms with E-state index in [4.69, 9.17) is 0 Å². The summed E-state index contributed by atoms with van der Waals surface area (Å²) in [6, 6.07) is 4.24. The van der Waals surface area contributed by atoms with Crippen LogP contribution in [0.4, 0.5) is 0 Å². The van der Waals surface area contributed by atoms with Crippen LogP contribution >= 0.6 is 15.9 Å². The second-order valence-corrected chi connectivity index (χ2v) is 4.66. The Bertz CT molecular complexity index is 255. The van der Waals surface area contributed by atoms with Crippen molar-refractivity contribution in [1.82, 2.24) is 4.57 Å². The van der Waals surface area contributed by atoms with Crippen LogP contribution in [0.25, 0.3) is 0 Å². The summed E-state index contributed by atoms with van der Waals surface area (Å²) in [5.74, 6) is 0. The first-order valence-corrected chi connectivity index (χ1v) is 4.54. The lowest BCUT2D eigenvalue weighted by atomic mass is 9.92. The Kier molecular flexibility index (Phi) is 2.15. The highest BCUT2D eigenvalue weighted by Gasteiger charge is 2.17. The van der Waals surface area contributed by atoms with Gasteiger partial charge in [-0.05, 0) is 28.1 Å². The molecule has 0 spiro atoms. The molecule has 11 heavy (non-hydrogen) atoms. The molecule has 1 aromatic rings. The Morgan fingerprint density at radius 2 is 1.82 bits per heavy atom. The summed E-state index contributed by atoms with van der Waals surface area (Å²) in [6.45, 7) is 6.65. The van der Waals surface area contributed by atoms with Gasteiger partial charge in [-0.3, -0.25) is 0 Å². The van der Waals surface area contributed by atoms with Gasteiger partial charge in [0, 0.05) is 18.2 Å². The van der Waals surface area contributed by atoms with Gasteiger partial charge in [0.15, 0.2) is 0 Å². The third kappa shape index (κ3) is 1.67. The summed E-state index contributed by atoms with van der Waals surface area (Å²) in [4.78, 5) is 0. The molecule has 0 aliphatic carbocycles. The first kappa shape index (κ1) is 8.85. The minimum Gasteiger partial charge on any atom is -0.342 e. The molecule has 0 atom stereocenters. The summed E-state index contributed by atoms with van der Waals surface area (Å²) < 4.78 is 3.31. The molecule has 1 nitrogen and oxygen atoms in total. The normalized spacial score (nSPS) is 12.1. The molecule has 0 amide bonds. The highest BCUT2D eigenvalue weighted by atomic mass is 79.9. The molecule has 0 aromatic carbocycles. The van der Waals surface area contributed by atoms with Gasteiger partial charge in [-0.1, -0.05) is 20.8 Å². The number of hydrogen-bond donors (Lipinski definition) is 0. The highest BCUT2D eigenvalue weighted by molar-refractivity contribution is 9.10. The maximum atomic E-state index is 3.47. The lowest BCUT2D eigenvalue weighted by Gasteiger charge is -2.19. The van der Waals surface area contributed by atoms with Crippen LogP contribution in [-0.2, 0) is 12.5 Å². The molecule has 0 aliphatic rings. The van der Waals surface area contributed by atoms with E-state index in [1.54, 1.807) is 0 Å². The van der Waals surface area contributed by atoms with E-state index in [-0.39, 0.29) is 5.41 Å². The molecule has 0 unspecified atom stereocenters. The largest absolute Gasteiger partial charge is 0.342 e. The molecule has 62 valence electrons. The zero-order chi connectivity index (χ0) is 8.65. The molecular formula is C9H14BrN. The van der Waals surface area contributed by atoms with Crippen LogP contribution < -0.4 is 0 Å². The summed E-state index contributed by atoms with van der Waals surface area (Å²) in [5.41, 5.74) is 1.59. The average Bonchev–Trinajstić information content (AvgIpc) is 2.11. The smallest absolute Gasteiger partial charge is 0.0846 e. The molecule has 0 radical (unpaired) electrons. The minimum absolute atomic E-state index is 0.237. The zero-order valence-electron chi connectivity index (χ0n) is 7.48. The predicted octanol–water partition coefficient (Wildman–Crippen LogP) is 3.09. The number of halogens is 1. The lowest BCUT2D eigenvalue weighted by Crippen LogP contribution is -2.15. The van der Waals surface area contributed by atoms with Crippen molar-refractivity contribution in [3.8, 4) is 0 Å². The van der Waals surface area contributed by atoms with Crippen molar-refractivity contribution in [3.63, 3.8) is 0 Å². The van der Waals surface area contributed by atoms with Crippen molar-refractivity contribution >= 4 is 15.9 Å². The van der Waals surface area contributed by atoms with Crippen molar-refractivity contribution in [2.24, 2.45) is 7.05 Å². The van der Waals surface area contributed by atoms with Crippen molar-refractivity contribution in [2.45, 2.75) is 26.2 Å². The molecule has 2 heteroatoms. The summed E-state index contributed by atoms with van der Waals surface area (Å²) in [5, 5.41) is 0. The first-order valence-electron chi connectivity index (χ1n) is 3.74. The Hall–Kier alpha value is -0.240. The molecule has 0 saturated heterocycles. The number of aromatic nitrogens is 1. The van der Waals surface area contributed by atoms with Gasteiger partial charge in [-0.2, -0.15) is 0 Å². The molecule has 0 N–H and O–H groups in total. The van der Waals surface area contributed by atoms with Crippen LogP contribution in [0.2, 0.25) is 0 Å². The van der Waals surface area contributed by atoms with E-state index in [1.165, 1.54) is 5.69 Å². The fourth-order valence-electron chi connectivity index (χ4n) is 1.24. The molecule has 1 rings (SSSR count). The summed E-state index contributed by atoms with van der Waals surface area (Å²) in [6.07, 6.45) is 0. The van der Waals surface area contributed by atoms with Gasteiger partial charge in [0.25, 0.3) is 0 Å². The molecule has 0 aliphatic heterocycles. The van der Waals surface area contributed by atoms with Crippen LogP contribution in [0.3, 0.4) is 0 Å². The number of hydrogen-bond acceptors (Lipinski definition) is 0. The van der Waals surface area contributed by atoms with Gasteiger partial charge in [0.1, 0.15) is 0 Å². The van der Waals surface area contributed by atoms with Crippen LogP contribution in [0.1, 0.15) is 26.5 Å². The van der Waals surface area contributed by atoms with Gasteiger partial charge < -0.3 is 4.57 Å². The van der Waals surface area contributed by atoms with Crippen LogP contribution in [0.5, 0.6) is 0 Å². The molecule has 0 saturated carbocycles. The standard InChI is InChI=1S/C9H14BrN/c1-9(2,3)7-5-6-8(10)11(7)4/h5-6H,1-4H3. The summed E-state index contributed by atoms with van der Waals surface area (Å²) >= 11 is 3.47. The number of nitrogens with zero attached hydrogens (tertiary/aromatic N) is 1. The number of rotatable bonds is 0. The Morgan fingerprint density at radius 1 is 1.27 bits per heavy atom. The average molecular weight is 216 g/mol. The fraction of sp³-hybridized carbons (Fsp3) is 0.556. The Balaban J connectivity index is 3.15. The third-order valence-electron chi connectivity index (χ3n) is 1.83.